The number of aliphatic imine (C=N–C) groups is 1. The van der Waals surface area contributed by atoms with Crippen molar-refractivity contribution in [3.05, 3.63) is 59.2 Å². The molecule has 2 N–H and O–H groups in total. The minimum atomic E-state index is -0.151. The average molecular weight is 511 g/mol. The number of anilines is 1. The van der Waals surface area contributed by atoms with Crippen LogP contribution in [0.3, 0.4) is 0 Å². The fourth-order valence-electron chi connectivity index (χ4n) is 3.67. The number of hydrogen-bond acceptors (Lipinski definition) is 3. The van der Waals surface area contributed by atoms with Gasteiger partial charge in [0.25, 0.3) is 0 Å². The van der Waals surface area contributed by atoms with Gasteiger partial charge in [-0.2, -0.15) is 0 Å². The Balaban J connectivity index is 0.00000300. The number of nitrogens with one attached hydrogen (secondary N) is 2. The van der Waals surface area contributed by atoms with Crippen LogP contribution in [0.5, 0.6) is 0 Å². The molecule has 0 spiro atoms. The molecule has 1 aromatic carbocycles. The van der Waals surface area contributed by atoms with Crippen LogP contribution in [-0.4, -0.2) is 43.7 Å². The molecule has 0 bridgehead atoms. The van der Waals surface area contributed by atoms with Gasteiger partial charge in [-0.15, -0.1) is 24.0 Å². The third kappa shape index (κ3) is 6.55. The molecule has 1 saturated heterocycles. The Kier molecular flexibility index (Phi) is 9.13. The Hall–Kier alpha value is -1.90. The molecule has 158 valence electrons. The van der Waals surface area contributed by atoms with Crippen molar-refractivity contribution in [3.8, 4) is 0 Å². The largest absolute Gasteiger partial charge is 0.367 e. The second-order valence-electron chi connectivity index (χ2n) is 7.44. The van der Waals surface area contributed by atoms with E-state index in [1.807, 2.05) is 31.5 Å². The summed E-state index contributed by atoms with van der Waals surface area (Å²) in [6, 6.07) is 7.60. The zero-order valence-corrected chi connectivity index (χ0v) is 19.7. The first-order valence-electron chi connectivity index (χ1n) is 9.94. The molecule has 1 atom stereocenters. The first-order valence-corrected chi connectivity index (χ1v) is 9.94. The Morgan fingerprint density at radius 2 is 2.14 bits per heavy atom. The molecule has 0 saturated carbocycles. The first kappa shape index (κ1) is 23.4. The normalized spacial score (nSPS) is 16.9. The number of pyridine rings is 1. The molecule has 1 aliphatic heterocycles. The van der Waals surface area contributed by atoms with E-state index < -0.39 is 0 Å². The van der Waals surface area contributed by atoms with Crippen molar-refractivity contribution in [1.82, 2.24) is 15.6 Å². The molecule has 7 heteroatoms. The van der Waals surface area contributed by atoms with E-state index in [9.17, 15) is 4.39 Å². The highest BCUT2D eigenvalue weighted by atomic mass is 127. The minimum absolute atomic E-state index is 0. The average Bonchev–Trinajstić information content (AvgIpc) is 2.70. The van der Waals surface area contributed by atoms with Crippen molar-refractivity contribution in [2.75, 3.05) is 31.6 Å². The Labute approximate surface area is 190 Å². The summed E-state index contributed by atoms with van der Waals surface area (Å²) in [5, 5.41) is 6.90. The lowest BCUT2D eigenvalue weighted by Crippen LogP contribution is -2.51. The van der Waals surface area contributed by atoms with Crippen LogP contribution in [-0.2, 0) is 6.42 Å². The molecule has 1 unspecified atom stereocenters. The van der Waals surface area contributed by atoms with Gasteiger partial charge < -0.3 is 15.5 Å². The van der Waals surface area contributed by atoms with Crippen LogP contribution in [0.1, 0.15) is 29.5 Å². The third-order valence-corrected chi connectivity index (χ3v) is 5.25. The van der Waals surface area contributed by atoms with Gasteiger partial charge in [-0.1, -0.05) is 6.07 Å². The minimum Gasteiger partial charge on any atom is -0.367 e. The van der Waals surface area contributed by atoms with E-state index in [4.69, 9.17) is 0 Å². The van der Waals surface area contributed by atoms with Gasteiger partial charge in [0, 0.05) is 45.1 Å². The number of aryl methyl sites for hydroxylation is 2. The highest BCUT2D eigenvalue weighted by Crippen LogP contribution is 2.24. The molecule has 3 rings (SSSR count). The van der Waals surface area contributed by atoms with Crippen molar-refractivity contribution >= 4 is 35.6 Å². The summed E-state index contributed by atoms with van der Waals surface area (Å²) in [7, 11) is 1.79. The smallest absolute Gasteiger partial charge is 0.191 e. The van der Waals surface area contributed by atoms with E-state index in [0.29, 0.717) is 5.69 Å². The molecule has 2 heterocycles. The van der Waals surface area contributed by atoms with Crippen molar-refractivity contribution in [1.29, 1.82) is 0 Å². The quantitative estimate of drug-likeness (QED) is 0.364. The lowest BCUT2D eigenvalue weighted by molar-refractivity contribution is 0.463. The molecule has 0 amide bonds. The number of guanidine groups is 1. The van der Waals surface area contributed by atoms with Gasteiger partial charge in [0.15, 0.2) is 5.96 Å². The van der Waals surface area contributed by atoms with Gasteiger partial charge >= 0.3 is 0 Å². The van der Waals surface area contributed by atoms with E-state index in [1.165, 1.54) is 11.1 Å². The SMILES string of the molecule is CN=C(NCCc1ccncc1C)NC1CCCN(c2cc(C)ccc2F)C1.I. The summed E-state index contributed by atoms with van der Waals surface area (Å²) in [6.07, 6.45) is 6.71. The van der Waals surface area contributed by atoms with Crippen LogP contribution in [0.15, 0.2) is 41.7 Å². The molecule has 29 heavy (non-hydrogen) atoms. The maximum Gasteiger partial charge on any atom is 0.191 e. The number of halogens is 2. The van der Waals surface area contributed by atoms with Gasteiger partial charge in [0.1, 0.15) is 5.82 Å². The van der Waals surface area contributed by atoms with Gasteiger partial charge in [0.05, 0.1) is 5.69 Å². The molecule has 2 aromatic rings. The highest BCUT2D eigenvalue weighted by Gasteiger charge is 2.22. The third-order valence-electron chi connectivity index (χ3n) is 5.25. The van der Waals surface area contributed by atoms with E-state index in [1.54, 1.807) is 13.1 Å². The fraction of sp³-hybridized carbons (Fsp3) is 0.455. The standard InChI is InChI=1S/C22H30FN5.HI/c1-16-6-7-20(23)21(13-16)28-12-4-5-19(15-28)27-22(24-3)26-11-9-18-8-10-25-14-17(18)2;/h6-8,10,13-14,19H,4-5,9,11-12,15H2,1-3H3,(H2,24,26,27);1H. The number of piperidine rings is 1. The zero-order chi connectivity index (χ0) is 19.9. The number of nitrogens with zero attached hydrogens (tertiary/aromatic N) is 3. The van der Waals surface area contributed by atoms with Crippen LogP contribution in [0.2, 0.25) is 0 Å². The predicted molar refractivity (Wildman–Crippen MR) is 129 cm³/mol. The van der Waals surface area contributed by atoms with Crippen molar-refractivity contribution in [2.45, 2.75) is 39.2 Å². The van der Waals surface area contributed by atoms with E-state index >= 15 is 0 Å². The monoisotopic (exact) mass is 511 g/mol. The number of benzene rings is 1. The van der Waals surface area contributed by atoms with Crippen molar-refractivity contribution < 1.29 is 4.39 Å². The molecular weight excluding hydrogens is 480 g/mol. The van der Waals surface area contributed by atoms with E-state index in [2.05, 4.69) is 38.5 Å². The molecular formula is C22H31FIN5. The Morgan fingerprint density at radius 3 is 2.90 bits per heavy atom. The topological polar surface area (TPSA) is 52.6 Å². The van der Waals surface area contributed by atoms with E-state index in [-0.39, 0.29) is 35.8 Å². The highest BCUT2D eigenvalue weighted by molar-refractivity contribution is 14.0. The summed E-state index contributed by atoms with van der Waals surface area (Å²) in [4.78, 5) is 10.6. The molecule has 1 fully saturated rings. The van der Waals surface area contributed by atoms with Crippen LogP contribution in [0.25, 0.3) is 0 Å². The second-order valence-corrected chi connectivity index (χ2v) is 7.44. The molecule has 1 aliphatic rings. The van der Waals surface area contributed by atoms with Crippen molar-refractivity contribution in [3.63, 3.8) is 0 Å². The molecule has 1 aromatic heterocycles. The van der Waals surface area contributed by atoms with Crippen LogP contribution >= 0.6 is 24.0 Å². The van der Waals surface area contributed by atoms with E-state index in [0.717, 1.165) is 50.4 Å². The van der Waals surface area contributed by atoms with Crippen LogP contribution in [0.4, 0.5) is 10.1 Å². The van der Waals surface area contributed by atoms with Gasteiger partial charge in [-0.3, -0.25) is 9.98 Å². The predicted octanol–water partition coefficient (Wildman–Crippen LogP) is 3.83. The Bertz CT molecular complexity index is 827. The van der Waals surface area contributed by atoms with Gasteiger partial charge in [-0.05, 0) is 68.0 Å². The lowest BCUT2D eigenvalue weighted by Gasteiger charge is -2.35. The van der Waals surface area contributed by atoms with Gasteiger partial charge in [-0.25, -0.2) is 4.39 Å². The summed E-state index contributed by atoms with van der Waals surface area (Å²) in [5.41, 5.74) is 4.27. The maximum absolute atomic E-state index is 14.3. The zero-order valence-electron chi connectivity index (χ0n) is 17.4. The second kappa shape index (κ2) is 11.3. The number of aromatic nitrogens is 1. The van der Waals surface area contributed by atoms with Crippen LogP contribution in [0, 0.1) is 19.7 Å². The summed E-state index contributed by atoms with van der Waals surface area (Å²) in [5.74, 6) is 0.643. The van der Waals surface area contributed by atoms with Crippen molar-refractivity contribution in [2.24, 2.45) is 4.99 Å². The summed E-state index contributed by atoms with van der Waals surface area (Å²) < 4.78 is 14.3. The lowest BCUT2D eigenvalue weighted by atomic mass is 10.0. The van der Waals surface area contributed by atoms with Gasteiger partial charge in [0.2, 0.25) is 0 Å². The molecule has 0 aliphatic carbocycles. The molecule has 5 nitrogen and oxygen atoms in total. The molecule has 0 radical (unpaired) electrons. The maximum atomic E-state index is 14.3. The summed E-state index contributed by atoms with van der Waals surface area (Å²) in [6.45, 7) is 6.53. The number of hydrogen-bond donors (Lipinski definition) is 2. The summed E-state index contributed by atoms with van der Waals surface area (Å²) >= 11 is 0. The van der Waals surface area contributed by atoms with Crippen LogP contribution < -0.4 is 15.5 Å². The number of rotatable bonds is 5. The Morgan fingerprint density at radius 1 is 1.31 bits per heavy atom. The fourth-order valence-corrected chi connectivity index (χ4v) is 3.67. The first-order chi connectivity index (χ1) is 13.6.